The first-order valence-electron chi connectivity index (χ1n) is 9.80. The Morgan fingerprint density at radius 1 is 1.17 bits per heavy atom. The maximum Gasteiger partial charge on any atom is 0.309 e. The van der Waals surface area contributed by atoms with Crippen LogP contribution in [0.15, 0.2) is 47.1 Å². The summed E-state index contributed by atoms with van der Waals surface area (Å²) in [4.78, 5) is 36.1. The highest BCUT2D eigenvalue weighted by molar-refractivity contribution is 6.02. The molecule has 0 radical (unpaired) electrons. The molecule has 2 aliphatic rings. The molecule has 0 saturated heterocycles. The van der Waals surface area contributed by atoms with Crippen LogP contribution in [-0.4, -0.2) is 45.1 Å². The molecule has 3 aromatic rings. The van der Waals surface area contributed by atoms with Gasteiger partial charge in [0.25, 0.3) is 5.91 Å². The van der Waals surface area contributed by atoms with Crippen LogP contribution in [0.25, 0.3) is 0 Å². The van der Waals surface area contributed by atoms with Crippen molar-refractivity contribution in [2.75, 3.05) is 11.9 Å². The summed E-state index contributed by atoms with van der Waals surface area (Å²) in [7, 11) is 1.65. The second-order valence-corrected chi connectivity index (χ2v) is 7.74. The number of amides is 2. The van der Waals surface area contributed by atoms with E-state index in [4.69, 9.17) is 4.42 Å². The average molecular weight is 404 g/mol. The number of benzene rings is 1. The smallest absolute Gasteiger partial charge is 0.309 e. The summed E-state index contributed by atoms with van der Waals surface area (Å²) in [5.74, 6) is 0.177. The third-order valence-corrected chi connectivity index (χ3v) is 5.91. The van der Waals surface area contributed by atoms with E-state index in [1.54, 1.807) is 19.4 Å². The normalized spacial score (nSPS) is 24.6. The number of aromatic nitrogens is 4. The number of carbonyl (C=O) groups is 2. The molecule has 4 atom stereocenters. The molecular weight excluding hydrogens is 384 g/mol. The fourth-order valence-corrected chi connectivity index (χ4v) is 4.30. The number of anilines is 1. The number of hydrogen-bond acceptors (Lipinski definition) is 7. The number of nitrogens with one attached hydrogen (secondary N) is 1. The molecule has 9 heteroatoms. The molecule has 1 fully saturated rings. The quantitative estimate of drug-likeness (QED) is 0.702. The van der Waals surface area contributed by atoms with Crippen LogP contribution in [0.3, 0.4) is 0 Å². The van der Waals surface area contributed by atoms with Gasteiger partial charge in [0, 0.05) is 31.3 Å². The van der Waals surface area contributed by atoms with Gasteiger partial charge in [0.15, 0.2) is 5.82 Å². The van der Waals surface area contributed by atoms with Crippen LogP contribution in [0.2, 0.25) is 0 Å². The van der Waals surface area contributed by atoms with Gasteiger partial charge >= 0.3 is 11.8 Å². The predicted molar refractivity (Wildman–Crippen MR) is 106 cm³/mol. The number of rotatable bonds is 4. The minimum atomic E-state index is -0.706. The number of hydrogen-bond donors (Lipinski definition) is 1. The van der Waals surface area contributed by atoms with Crippen molar-refractivity contribution in [3.8, 4) is 0 Å². The van der Waals surface area contributed by atoms with Gasteiger partial charge in [-0.3, -0.25) is 19.5 Å². The summed E-state index contributed by atoms with van der Waals surface area (Å²) in [5.41, 5.74) is 1.80. The van der Waals surface area contributed by atoms with E-state index >= 15 is 0 Å². The van der Waals surface area contributed by atoms with Crippen LogP contribution in [0.1, 0.15) is 40.7 Å². The Balaban J connectivity index is 1.35. The first-order chi connectivity index (χ1) is 14.5. The zero-order chi connectivity index (χ0) is 20.8. The van der Waals surface area contributed by atoms with E-state index in [9.17, 15) is 9.59 Å². The van der Waals surface area contributed by atoms with Gasteiger partial charge in [-0.05, 0) is 11.5 Å². The van der Waals surface area contributed by atoms with E-state index in [1.165, 1.54) is 4.90 Å². The molecule has 3 heterocycles. The Kier molecular flexibility index (Phi) is 4.30. The summed E-state index contributed by atoms with van der Waals surface area (Å²) in [6, 6.07) is 8.94. The molecule has 30 heavy (non-hydrogen) atoms. The van der Waals surface area contributed by atoms with Crippen molar-refractivity contribution in [2.24, 2.45) is 11.8 Å². The largest absolute Gasteiger partial charge is 0.417 e. The highest BCUT2D eigenvalue weighted by Crippen LogP contribution is 2.58. The topological polar surface area (TPSA) is 114 Å². The van der Waals surface area contributed by atoms with Gasteiger partial charge in [0.2, 0.25) is 5.89 Å². The first kappa shape index (κ1) is 18.4. The van der Waals surface area contributed by atoms with Crippen molar-refractivity contribution < 1.29 is 14.0 Å². The maximum absolute atomic E-state index is 13.1. The lowest BCUT2D eigenvalue weighted by Gasteiger charge is -2.22. The Morgan fingerprint density at radius 3 is 2.73 bits per heavy atom. The lowest BCUT2D eigenvalue weighted by molar-refractivity contribution is -0.120. The van der Waals surface area contributed by atoms with Crippen molar-refractivity contribution in [2.45, 2.75) is 25.3 Å². The predicted octanol–water partition coefficient (Wildman–Crippen LogP) is 1.57. The zero-order valence-electron chi connectivity index (χ0n) is 16.5. The monoisotopic (exact) mass is 404 g/mol. The summed E-state index contributed by atoms with van der Waals surface area (Å²) in [6.07, 6.45) is 3.63. The van der Waals surface area contributed by atoms with Gasteiger partial charge in [0.1, 0.15) is 6.04 Å². The van der Waals surface area contributed by atoms with Crippen molar-refractivity contribution in [1.82, 2.24) is 25.5 Å². The SMILES string of the molecule is C[C@H]1[C@H]2c3nccnc3N(C)C(=O)[C@@H](NC(=O)c3nnc(Cc4ccccc4)o3)[C@@H]12. The van der Waals surface area contributed by atoms with Crippen molar-refractivity contribution in [3.63, 3.8) is 0 Å². The van der Waals surface area contributed by atoms with E-state index in [1.807, 2.05) is 30.3 Å². The molecule has 1 aliphatic heterocycles. The average Bonchev–Trinajstić information content (AvgIpc) is 3.21. The van der Waals surface area contributed by atoms with Crippen molar-refractivity contribution >= 4 is 17.6 Å². The van der Waals surface area contributed by atoms with E-state index in [0.29, 0.717) is 18.1 Å². The van der Waals surface area contributed by atoms with Crippen LogP contribution in [-0.2, 0) is 11.2 Å². The molecule has 5 rings (SSSR count). The third kappa shape index (κ3) is 3.02. The molecule has 1 N–H and O–H groups in total. The second-order valence-electron chi connectivity index (χ2n) is 7.74. The minimum absolute atomic E-state index is 0.0476. The summed E-state index contributed by atoms with van der Waals surface area (Å²) in [6.45, 7) is 2.05. The van der Waals surface area contributed by atoms with Crippen molar-refractivity contribution in [3.05, 3.63) is 65.8 Å². The third-order valence-electron chi connectivity index (χ3n) is 5.91. The molecule has 9 nitrogen and oxygen atoms in total. The van der Waals surface area contributed by atoms with Crippen molar-refractivity contribution in [1.29, 1.82) is 0 Å². The van der Waals surface area contributed by atoms with Crippen LogP contribution in [0.5, 0.6) is 0 Å². The molecule has 2 amide bonds. The lowest BCUT2D eigenvalue weighted by Crippen LogP contribution is -2.49. The highest BCUT2D eigenvalue weighted by Gasteiger charge is 2.59. The number of nitrogens with zero attached hydrogens (tertiary/aromatic N) is 5. The summed E-state index contributed by atoms with van der Waals surface area (Å²) in [5, 5.41) is 10.6. The van der Waals surface area contributed by atoms with Crippen LogP contribution < -0.4 is 10.2 Å². The fourth-order valence-electron chi connectivity index (χ4n) is 4.30. The number of likely N-dealkylation sites (N-methyl/N-ethyl adjacent to an activating group) is 1. The zero-order valence-corrected chi connectivity index (χ0v) is 16.5. The minimum Gasteiger partial charge on any atom is -0.417 e. The maximum atomic E-state index is 13.1. The van der Waals surface area contributed by atoms with Gasteiger partial charge in [-0.1, -0.05) is 37.3 Å². The molecule has 1 aliphatic carbocycles. The standard InChI is InChI=1S/C21H20N6O3/c1-11-14-15(11)17(21(29)27(2)18-16(14)22-8-9-23-18)24-19(28)20-26-25-13(30-20)10-12-6-4-3-5-7-12/h3-9,11,14-15,17H,10H2,1-2H3,(H,24,28)/t11-,14+,15-,17-/m0/s1. The Bertz CT molecular complexity index is 1110. The van der Waals surface area contributed by atoms with E-state index < -0.39 is 11.9 Å². The molecule has 152 valence electrons. The highest BCUT2D eigenvalue weighted by atomic mass is 16.4. The van der Waals surface area contributed by atoms with Gasteiger partial charge < -0.3 is 9.73 Å². The Labute approximate surface area is 172 Å². The van der Waals surface area contributed by atoms with Crippen LogP contribution >= 0.6 is 0 Å². The second kappa shape index (κ2) is 7.01. The molecule has 0 spiro atoms. The van der Waals surface area contributed by atoms with E-state index in [-0.39, 0.29) is 29.6 Å². The molecule has 0 unspecified atom stereocenters. The van der Waals surface area contributed by atoms with Crippen LogP contribution in [0.4, 0.5) is 5.82 Å². The van der Waals surface area contributed by atoms with E-state index in [0.717, 1.165) is 11.3 Å². The summed E-state index contributed by atoms with van der Waals surface area (Å²) >= 11 is 0. The molecule has 0 bridgehead atoms. The van der Waals surface area contributed by atoms with Gasteiger partial charge in [0.05, 0.1) is 12.1 Å². The Morgan fingerprint density at radius 2 is 1.93 bits per heavy atom. The lowest BCUT2D eigenvalue weighted by atomic mass is 10.1. The molecular formula is C21H20N6O3. The summed E-state index contributed by atoms with van der Waals surface area (Å²) < 4.78 is 5.54. The number of carbonyl (C=O) groups excluding carboxylic acids is 2. The number of fused-ring (bicyclic) bond motifs is 3. The fraction of sp³-hybridized carbons (Fsp3) is 0.333. The van der Waals surface area contributed by atoms with Crippen LogP contribution in [0, 0.1) is 11.8 Å². The Hall–Kier alpha value is -3.62. The van der Waals surface area contributed by atoms with Gasteiger partial charge in [-0.15, -0.1) is 10.2 Å². The van der Waals surface area contributed by atoms with E-state index in [2.05, 4.69) is 32.4 Å². The molecule has 1 saturated carbocycles. The first-order valence-corrected chi connectivity index (χ1v) is 9.80. The van der Waals surface area contributed by atoms with Gasteiger partial charge in [-0.25, -0.2) is 4.98 Å². The van der Waals surface area contributed by atoms with Gasteiger partial charge in [-0.2, -0.15) is 0 Å². The molecule has 2 aromatic heterocycles. The molecule has 1 aromatic carbocycles.